The van der Waals surface area contributed by atoms with Gasteiger partial charge in [0.2, 0.25) is 0 Å². The molecule has 0 radical (unpaired) electrons. The van der Waals surface area contributed by atoms with Crippen molar-refractivity contribution in [2.24, 2.45) is 16.9 Å². The van der Waals surface area contributed by atoms with Gasteiger partial charge < -0.3 is 5.84 Å². The Kier molecular flexibility index (Phi) is 4.38. The largest absolute Gasteiger partial charge is 0.323 e. The van der Waals surface area contributed by atoms with Crippen molar-refractivity contribution in [3.05, 3.63) is 107 Å². The maximum atomic E-state index is 13.6. The predicted molar refractivity (Wildman–Crippen MR) is 105 cm³/mol. The minimum Gasteiger partial charge on any atom is -0.323 e. The van der Waals surface area contributed by atoms with Crippen LogP contribution < -0.4 is 5.84 Å². The number of benzene rings is 3. The van der Waals surface area contributed by atoms with Crippen LogP contribution >= 0.6 is 0 Å². The van der Waals surface area contributed by atoms with Crippen LogP contribution in [0.4, 0.5) is 0 Å². The third-order valence-corrected chi connectivity index (χ3v) is 4.98. The van der Waals surface area contributed by atoms with E-state index in [1.54, 1.807) is 18.2 Å². The Balaban J connectivity index is 1.83. The Hall–Kier alpha value is -3.53. The van der Waals surface area contributed by atoms with Crippen molar-refractivity contribution >= 4 is 17.3 Å². The van der Waals surface area contributed by atoms with Gasteiger partial charge in [-0.05, 0) is 11.1 Å². The molecule has 0 aliphatic heterocycles. The lowest BCUT2D eigenvalue weighted by atomic mass is 9.80. The third-order valence-electron chi connectivity index (χ3n) is 4.98. The molecule has 0 bridgehead atoms. The van der Waals surface area contributed by atoms with Crippen LogP contribution in [0.5, 0.6) is 0 Å². The summed E-state index contributed by atoms with van der Waals surface area (Å²) in [5.41, 5.74) is 3.17. The van der Waals surface area contributed by atoms with Gasteiger partial charge in [-0.3, -0.25) is 9.59 Å². The molecule has 3 aromatic carbocycles. The van der Waals surface area contributed by atoms with E-state index in [9.17, 15) is 9.59 Å². The van der Waals surface area contributed by atoms with Crippen LogP contribution in [0.3, 0.4) is 0 Å². The van der Waals surface area contributed by atoms with E-state index in [-0.39, 0.29) is 11.6 Å². The summed E-state index contributed by atoms with van der Waals surface area (Å²) in [6.07, 6.45) is 0. The average Bonchev–Trinajstić information content (AvgIpc) is 3.02. The molecule has 0 spiro atoms. The van der Waals surface area contributed by atoms with Crippen molar-refractivity contribution in [2.75, 3.05) is 0 Å². The fourth-order valence-corrected chi connectivity index (χ4v) is 3.74. The highest BCUT2D eigenvalue weighted by Gasteiger charge is 2.44. The maximum absolute atomic E-state index is 13.6. The van der Waals surface area contributed by atoms with E-state index < -0.39 is 11.8 Å². The summed E-state index contributed by atoms with van der Waals surface area (Å²) >= 11 is 0. The number of rotatable bonds is 4. The van der Waals surface area contributed by atoms with Crippen molar-refractivity contribution in [3.8, 4) is 0 Å². The summed E-state index contributed by atoms with van der Waals surface area (Å²) in [4.78, 5) is 26.7. The van der Waals surface area contributed by atoms with Gasteiger partial charge in [-0.2, -0.15) is 5.10 Å². The van der Waals surface area contributed by atoms with E-state index in [1.165, 1.54) is 0 Å². The number of hydrogen-bond donors (Lipinski definition) is 1. The maximum Gasteiger partial charge on any atom is 0.180 e. The summed E-state index contributed by atoms with van der Waals surface area (Å²) in [7, 11) is 0. The van der Waals surface area contributed by atoms with Gasteiger partial charge in [-0.25, -0.2) is 0 Å². The van der Waals surface area contributed by atoms with Crippen LogP contribution in [0.2, 0.25) is 0 Å². The first-order valence-corrected chi connectivity index (χ1v) is 8.77. The minimum atomic E-state index is -0.988. The second-order valence-corrected chi connectivity index (χ2v) is 6.51. The van der Waals surface area contributed by atoms with Crippen molar-refractivity contribution in [1.82, 2.24) is 0 Å². The molecule has 1 atom stereocenters. The van der Waals surface area contributed by atoms with Crippen LogP contribution in [0.15, 0.2) is 90.0 Å². The van der Waals surface area contributed by atoms with Crippen LogP contribution in [0.25, 0.3) is 0 Å². The quantitative estimate of drug-likeness (QED) is 0.442. The van der Waals surface area contributed by atoms with Gasteiger partial charge in [0.15, 0.2) is 11.6 Å². The highest BCUT2D eigenvalue weighted by molar-refractivity contribution is 6.37. The first kappa shape index (κ1) is 16.9. The number of nitrogens with zero attached hydrogens (tertiary/aromatic N) is 1. The Morgan fingerprint density at radius 3 is 1.78 bits per heavy atom. The third kappa shape index (κ3) is 2.85. The van der Waals surface area contributed by atoms with Gasteiger partial charge in [-0.1, -0.05) is 84.9 Å². The lowest BCUT2D eigenvalue weighted by molar-refractivity contribution is -0.120. The zero-order valence-electron chi connectivity index (χ0n) is 14.6. The molecule has 27 heavy (non-hydrogen) atoms. The summed E-state index contributed by atoms with van der Waals surface area (Å²) in [5.74, 6) is 3.60. The summed E-state index contributed by atoms with van der Waals surface area (Å²) in [5, 5.41) is 3.83. The molecule has 0 fully saturated rings. The monoisotopic (exact) mass is 354 g/mol. The summed E-state index contributed by atoms with van der Waals surface area (Å²) in [6, 6.07) is 26.1. The number of fused-ring (bicyclic) bond motifs is 1. The molecule has 2 N–H and O–H groups in total. The van der Waals surface area contributed by atoms with Crippen LogP contribution in [-0.2, 0) is 4.79 Å². The van der Waals surface area contributed by atoms with Gasteiger partial charge in [-0.15, -0.1) is 0 Å². The number of nitrogens with two attached hydrogens (primary N) is 1. The smallest absolute Gasteiger partial charge is 0.180 e. The van der Waals surface area contributed by atoms with Crippen molar-refractivity contribution < 1.29 is 9.59 Å². The number of hydrazone groups is 1. The number of Topliss-reactive ketones (excluding diaryl/α,β-unsaturated/α-hetero) is 2. The molecule has 4 heteroatoms. The van der Waals surface area contributed by atoms with Gasteiger partial charge in [0.05, 0.1) is 11.6 Å². The number of carbonyl (C=O) groups excluding carboxylic acids is 2. The number of carbonyl (C=O) groups is 2. The molecule has 1 unspecified atom stereocenters. The van der Waals surface area contributed by atoms with E-state index >= 15 is 0 Å². The second-order valence-electron chi connectivity index (χ2n) is 6.51. The molecule has 4 rings (SSSR count). The van der Waals surface area contributed by atoms with Gasteiger partial charge in [0, 0.05) is 11.1 Å². The molecule has 1 aliphatic carbocycles. The first-order chi connectivity index (χ1) is 13.2. The van der Waals surface area contributed by atoms with E-state index in [0.717, 1.165) is 11.1 Å². The van der Waals surface area contributed by atoms with E-state index in [4.69, 9.17) is 5.84 Å². The fraction of sp³-hybridized carbons (Fsp3) is 0.0870. The lowest BCUT2D eigenvalue weighted by Crippen LogP contribution is -2.32. The van der Waals surface area contributed by atoms with Gasteiger partial charge >= 0.3 is 0 Å². The normalized spacial score (nSPS) is 17.3. The highest BCUT2D eigenvalue weighted by atomic mass is 16.2. The Bertz CT molecular complexity index is 987. The molecule has 0 aromatic heterocycles. The zero-order chi connectivity index (χ0) is 18.8. The summed E-state index contributed by atoms with van der Waals surface area (Å²) < 4.78 is 0. The van der Waals surface area contributed by atoms with Crippen molar-refractivity contribution in [2.45, 2.75) is 5.92 Å². The van der Waals surface area contributed by atoms with Crippen molar-refractivity contribution in [1.29, 1.82) is 0 Å². The molecule has 0 heterocycles. The van der Waals surface area contributed by atoms with Crippen LogP contribution in [-0.4, -0.2) is 17.3 Å². The van der Waals surface area contributed by atoms with Gasteiger partial charge in [0.25, 0.3) is 0 Å². The molecule has 132 valence electrons. The number of ketones is 2. The second kappa shape index (κ2) is 7.00. The Morgan fingerprint density at radius 2 is 1.26 bits per heavy atom. The van der Waals surface area contributed by atoms with Crippen LogP contribution in [0.1, 0.15) is 33.0 Å². The van der Waals surface area contributed by atoms with E-state index in [0.29, 0.717) is 16.8 Å². The molecule has 4 nitrogen and oxygen atoms in total. The average molecular weight is 354 g/mol. The fourth-order valence-electron chi connectivity index (χ4n) is 3.74. The van der Waals surface area contributed by atoms with Gasteiger partial charge in [0.1, 0.15) is 5.92 Å². The molecule has 0 saturated carbocycles. The summed E-state index contributed by atoms with van der Waals surface area (Å²) in [6.45, 7) is 0. The Morgan fingerprint density at radius 1 is 0.778 bits per heavy atom. The van der Waals surface area contributed by atoms with Crippen molar-refractivity contribution in [3.63, 3.8) is 0 Å². The zero-order valence-corrected chi connectivity index (χ0v) is 14.6. The molecule has 3 aromatic rings. The topological polar surface area (TPSA) is 72.5 Å². The minimum absolute atomic E-state index is 0.210. The molecule has 0 amide bonds. The highest BCUT2D eigenvalue weighted by Crippen LogP contribution is 2.35. The predicted octanol–water partition coefficient (Wildman–Crippen LogP) is 3.56. The standard InChI is InChI=1S/C23H18N2O2/c24-25-21-17-13-7-8-14-18(17)22(26)20(21)23(27)19(15-9-3-1-4-10-15)16-11-5-2-6-12-16/h1-14,19-20H,24H2/b25-21+. The van der Waals surface area contributed by atoms with E-state index in [2.05, 4.69) is 5.10 Å². The van der Waals surface area contributed by atoms with E-state index in [1.807, 2.05) is 66.7 Å². The Labute approximate surface area is 157 Å². The molecule has 1 aliphatic rings. The lowest BCUT2D eigenvalue weighted by Gasteiger charge is -2.20. The first-order valence-electron chi connectivity index (χ1n) is 8.77. The molecular weight excluding hydrogens is 336 g/mol. The molecule has 0 saturated heterocycles. The van der Waals surface area contributed by atoms with Crippen LogP contribution in [0, 0.1) is 5.92 Å². The molecular formula is C23H18N2O2. The SMILES string of the molecule is N/N=C1\c2ccccc2C(=O)C1C(=O)C(c1ccccc1)c1ccccc1. The number of hydrogen-bond acceptors (Lipinski definition) is 4.